The van der Waals surface area contributed by atoms with Gasteiger partial charge in [0.15, 0.2) is 0 Å². The van der Waals surface area contributed by atoms with E-state index >= 15 is 0 Å². The molecule has 0 unspecified atom stereocenters. The average Bonchev–Trinajstić information content (AvgIpc) is 2.26. The Morgan fingerprint density at radius 2 is 2.20 bits per heavy atom. The zero-order valence-electron chi connectivity index (χ0n) is 8.06. The fourth-order valence-corrected chi connectivity index (χ4v) is 2.51. The Morgan fingerprint density at radius 1 is 1.40 bits per heavy atom. The first-order chi connectivity index (χ1) is 7.20. The van der Waals surface area contributed by atoms with Crippen LogP contribution in [0.5, 0.6) is 5.75 Å². The summed E-state index contributed by atoms with van der Waals surface area (Å²) in [5.74, 6) is 0.159. The first kappa shape index (κ1) is 11.2. The molecule has 5 heteroatoms. The third-order valence-electron chi connectivity index (χ3n) is 2.50. The molecule has 0 aromatic heterocycles. The van der Waals surface area contributed by atoms with E-state index in [0.29, 0.717) is 5.02 Å². The molecule has 82 valence electrons. The Hall–Kier alpha value is -0.290. The summed E-state index contributed by atoms with van der Waals surface area (Å²) < 4.78 is 0.880. The van der Waals surface area contributed by atoms with Gasteiger partial charge < -0.3 is 15.7 Å². The van der Waals surface area contributed by atoms with Gasteiger partial charge >= 0.3 is 0 Å². The quantitative estimate of drug-likeness (QED) is 0.742. The van der Waals surface area contributed by atoms with Crippen LogP contribution in [-0.2, 0) is 0 Å². The van der Waals surface area contributed by atoms with Gasteiger partial charge in [0.05, 0.1) is 5.02 Å². The van der Waals surface area contributed by atoms with Gasteiger partial charge in [-0.3, -0.25) is 0 Å². The molecule has 0 aliphatic carbocycles. The summed E-state index contributed by atoms with van der Waals surface area (Å²) in [5.41, 5.74) is 0.828. The standard InChI is InChI=1S/C10H12BrClN2O/c11-6-1-2-7(12)10(15)9(6)8-5-13-3-4-14-8/h1-2,8,13-15H,3-5H2/t8-/m1/s1. The molecule has 1 aliphatic heterocycles. The Bertz CT molecular complexity index is 367. The van der Waals surface area contributed by atoms with Crippen LogP contribution in [0, 0.1) is 0 Å². The highest BCUT2D eigenvalue weighted by Gasteiger charge is 2.21. The van der Waals surface area contributed by atoms with Crippen molar-refractivity contribution in [3.63, 3.8) is 0 Å². The molecule has 1 fully saturated rings. The van der Waals surface area contributed by atoms with Crippen LogP contribution in [0.1, 0.15) is 11.6 Å². The Morgan fingerprint density at radius 3 is 2.87 bits per heavy atom. The lowest BCUT2D eigenvalue weighted by molar-refractivity contribution is 0.403. The van der Waals surface area contributed by atoms with Crippen molar-refractivity contribution in [2.45, 2.75) is 6.04 Å². The lowest BCUT2D eigenvalue weighted by atomic mass is 10.0. The maximum absolute atomic E-state index is 9.90. The monoisotopic (exact) mass is 290 g/mol. The van der Waals surface area contributed by atoms with E-state index in [-0.39, 0.29) is 11.8 Å². The molecular formula is C10H12BrClN2O. The molecule has 15 heavy (non-hydrogen) atoms. The third kappa shape index (κ3) is 2.28. The zero-order chi connectivity index (χ0) is 10.8. The lowest BCUT2D eigenvalue weighted by Gasteiger charge is -2.26. The van der Waals surface area contributed by atoms with E-state index in [4.69, 9.17) is 11.6 Å². The number of phenols is 1. The predicted molar refractivity (Wildman–Crippen MR) is 64.4 cm³/mol. The molecule has 1 aliphatic rings. The minimum absolute atomic E-state index is 0.104. The van der Waals surface area contributed by atoms with Crippen LogP contribution >= 0.6 is 27.5 Å². The molecule has 1 aromatic carbocycles. The average molecular weight is 292 g/mol. The SMILES string of the molecule is Oc1c(Cl)ccc(Br)c1[C@H]1CNCCN1. The number of hydrogen-bond acceptors (Lipinski definition) is 3. The van der Waals surface area contributed by atoms with Crippen LogP contribution in [-0.4, -0.2) is 24.7 Å². The lowest BCUT2D eigenvalue weighted by Crippen LogP contribution is -2.42. The van der Waals surface area contributed by atoms with E-state index in [9.17, 15) is 5.11 Å². The predicted octanol–water partition coefficient (Wildman–Crippen LogP) is 2.04. The molecule has 0 bridgehead atoms. The van der Waals surface area contributed by atoms with Gasteiger partial charge in [-0.05, 0) is 12.1 Å². The van der Waals surface area contributed by atoms with Gasteiger partial charge in [-0.15, -0.1) is 0 Å². The van der Waals surface area contributed by atoms with Crippen molar-refractivity contribution in [3.05, 3.63) is 27.2 Å². The van der Waals surface area contributed by atoms with Crippen molar-refractivity contribution in [1.29, 1.82) is 0 Å². The maximum atomic E-state index is 9.90. The smallest absolute Gasteiger partial charge is 0.140 e. The number of halogens is 2. The molecule has 3 nitrogen and oxygen atoms in total. The summed E-state index contributed by atoms with van der Waals surface area (Å²) in [6.07, 6.45) is 0. The highest BCUT2D eigenvalue weighted by atomic mass is 79.9. The molecule has 0 spiro atoms. The molecule has 1 saturated heterocycles. The number of hydrogen-bond donors (Lipinski definition) is 3. The minimum atomic E-state index is 0.104. The molecule has 0 saturated carbocycles. The third-order valence-corrected chi connectivity index (χ3v) is 3.50. The van der Waals surface area contributed by atoms with Gasteiger partial charge in [0.1, 0.15) is 5.75 Å². The van der Waals surface area contributed by atoms with Gasteiger partial charge in [-0.1, -0.05) is 27.5 Å². The number of nitrogens with one attached hydrogen (secondary N) is 2. The molecule has 1 aromatic rings. The summed E-state index contributed by atoms with van der Waals surface area (Å²) in [4.78, 5) is 0. The van der Waals surface area contributed by atoms with E-state index in [2.05, 4.69) is 26.6 Å². The fourth-order valence-electron chi connectivity index (χ4n) is 1.75. The van der Waals surface area contributed by atoms with Gasteiger partial charge in [-0.25, -0.2) is 0 Å². The van der Waals surface area contributed by atoms with Crippen molar-refractivity contribution >= 4 is 27.5 Å². The molecule has 0 amide bonds. The van der Waals surface area contributed by atoms with Crippen LogP contribution < -0.4 is 10.6 Å². The number of benzene rings is 1. The molecule has 1 atom stereocenters. The number of piperazine rings is 1. The Labute approximate surface area is 102 Å². The highest BCUT2D eigenvalue weighted by molar-refractivity contribution is 9.10. The van der Waals surface area contributed by atoms with Gasteiger partial charge in [0.25, 0.3) is 0 Å². The summed E-state index contributed by atoms with van der Waals surface area (Å²) in [7, 11) is 0. The first-order valence-electron chi connectivity index (χ1n) is 4.81. The second-order valence-corrected chi connectivity index (χ2v) is 4.76. The van der Waals surface area contributed by atoms with Crippen molar-refractivity contribution in [2.75, 3.05) is 19.6 Å². The minimum Gasteiger partial charge on any atom is -0.506 e. The van der Waals surface area contributed by atoms with Crippen LogP contribution in [0.3, 0.4) is 0 Å². The van der Waals surface area contributed by atoms with Gasteiger partial charge in [0.2, 0.25) is 0 Å². The number of phenolic OH excluding ortho intramolecular Hbond substituents is 1. The fraction of sp³-hybridized carbons (Fsp3) is 0.400. The summed E-state index contributed by atoms with van der Waals surface area (Å²) >= 11 is 9.32. The van der Waals surface area contributed by atoms with Crippen molar-refractivity contribution in [3.8, 4) is 5.75 Å². The van der Waals surface area contributed by atoms with E-state index in [1.165, 1.54) is 0 Å². The largest absolute Gasteiger partial charge is 0.506 e. The Kier molecular flexibility index (Phi) is 3.51. The van der Waals surface area contributed by atoms with E-state index < -0.39 is 0 Å². The summed E-state index contributed by atoms with van der Waals surface area (Å²) in [5, 5.41) is 16.9. The van der Waals surface area contributed by atoms with Gasteiger partial charge in [-0.2, -0.15) is 0 Å². The molecule has 3 N–H and O–H groups in total. The highest BCUT2D eigenvalue weighted by Crippen LogP contribution is 2.37. The molecule has 1 heterocycles. The summed E-state index contributed by atoms with van der Waals surface area (Å²) in [6.45, 7) is 2.64. The van der Waals surface area contributed by atoms with Crippen molar-refractivity contribution < 1.29 is 5.11 Å². The number of rotatable bonds is 1. The Balaban J connectivity index is 2.36. The number of aromatic hydroxyl groups is 1. The van der Waals surface area contributed by atoms with Crippen LogP contribution in [0.25, 0.3) is 0 Å². The zero-order valence-corrected chi connectivity index (χ0v) is 10.4. The van der Waals surface area contributed by atoms with Gasteiger partial charge in [0, 0.05) is 35.7 Å². The van der Waals surface area contributed by atoms with E-state index in [0.717, 1.165) is 29.7 Å². The van der Waals surface area contributed by atoms with Crippen molar-refractivity contribution in [1.82, 2.24) is 10.6 Å². The second-order valence-electron chi connectivity index (χ2n) is 3.50. The van der Waals surface area contributed by atoms with Crippen LogP contribution in [0.4, 0.5) is 0 Å². The molecule has 0 radical (unpaired) electrons. The molecular weight excluding hydrogens is 279 g/mol. The maximum Gasteiger partial charge on any atom is 0.140 e. The van der Waals surface area contributed by atoms with E-state index in [1.807, 2.05) is 6.07 Å². The van der Waals surface area contributed by atoms with Crippen LogP contribution in [0.2, 0.25) is 5.02 Å². The normalized spacial score (nSPS) is 21.6. The second kappa shape index (κ2) is 4.70. The van der Waals surface area contributed by atoms with E-state index in [1.54, 1.807) is 6.07 Å². The first-order valence-corrected chi connectivity index (χ1v) is 5.98. The molecule has 2 rings (SSSR count). The van der Waals surface area contributed by atoms with Crippen molar-refractivity contribution in [2.24, 2.45) is 0 Å². The topological polar surface area (TPSA) is 44.3 Å². The van der Waals surface area contributed by atoms with Crippen LogP contribution in [0.15, 0.2) is 16.6 Å². The summed E-state index contributed by atoms with van der Waals surface area (Å²) in [6, 6.07) is 3.64.